The van der Waals surface area contributed by atoms with E-state index in [1.807, 2.05) is 6.07 Å². The van der Waals surface area contributed by atoms with Crippen molar-refractivity contribution in [1.82, 2.24) is 0 Å². The maximum atomic E-state index is 12.1. The van der Waals surface area contributed by atoms with Crippen LogP contribution < -0.4 is 9.64 Å². The van der Waals surface area contributed by atoms with Gasteiger partial charge in [0.2, 0.25) is 11.8 Å². The van der Waals surface area contributed by atoms with E-state index in [-0.39, 0.29) is 30.3 Å². The molecule has 1 aliphatic heterocycles. The van der Waals surface area contributed by atoms with Gasteiger partial charge < -0.3 is 4.74 Å². The SMILES string of the molecule is CC1C(=O)N(c2cccc(OCC#N)c2)C(=O)C1C. The molecule has 1 saturated heterocycles. The largest absolute Gasteiger partial charge is 0.479 e. The fourth-order valence-electron chi connectivity index (χ4n) is 2.03. The molecule has 0 aromatic heterocycles. The second kappa shape index (κ2) is 5.11. The third-order valence-corrected chi connectivity index (χ3v) is 3.35. The van der Waals surface area contributed by atoms with Crippen LogP contribution in [-0.2, 0) is 9.59 Å². The van der Waals surface area contributed by atoms with E-state index >= 15 is 0 Å². The molecule has 2 unspecified atom stereocenters. The minimum atomic E-state index is -0.309. The van der Waals surface area contributed by atoms with Crippen LogP contribution in [0.2, 0.25) is 0 Å². The van der Waals surface area contributed by atoms with Crippen LogP contribution in [0, 0.1) is 23.2 Å². The van der Waals surface area contributed by atoms with Gasteiger partial charge in [0.05, 0.1) is 5.69 Å². The van der Waals surface area contributed by atoms with Crippen molar-refractivity contribution in [1.29, 1.82) is 5.26 Å². The fraction of sp³-hybridized carbons (Fsp3) is 0.357. The van der Waals surface area contributed by atoms with Crippen LogP contribution in [0.1, 0.15) is 13.8 Å². The molecule has 0 saturated carbocycles. The Morgan fingerprint density at radius 3 is 2.47 bits per heavy atom. The van der Waals surface area contributed by atoms with Crippen LogP contribution in [0.25, 0.3) is 0 Å². The maximum Gasteiger partial charge on any atom is 0.237 e. The quantitative estimate of drug-likeness (QED) is 0.774. The van der Waals surface area contributed by atoms with E-state index in [1.165, 1.54) is 4.90 Å². The molecule has 2 rings (SSSR count). The number of ether oxygens (including phenoxy) is 1. The zero-order valence-electron chi connectivity index (χ0n) is 10.8. The monoisotopic (exact) mass is 258 g/mol. The lowest BCUT2D eigenvalue weighted by molar-refractivity contribution is -0.122. The first-order chi connectivity index (χ1) is 9.06. The number of imide groups is 1. The highest BCUT2D eigenvalue weighted by Gasteiger charge is 2.43. The van der Waals surface area contributed by atoms with Gasteiger partial charge in [-0.05, 0) is 12.1 Å². The number of carbonyl (C=O) groups is 2. The Labute approximate surface area is 111 Å². The molecule has 1 aromatic rings. The number of nitriles is 1. The smallest absolute Gasteiger partial charge is 0.237 e. The van der Waals surface area contributed by atoms with E-state index in [1.54, 1.807) is 38.1 Å². The zero-order chi connectivity index (χ0) is 14.0. The van der Waals surface area contributed by atoms with Crippen molar-refractivity contribution in [3.8, 4) is 11.8 Å². The third kappa shape index (κ3) is 2.29. The van der Waals surface area contributed by atoms with Crippen LogP contribution in [0.15, 0.2) is 24.3 Å². The van der Waals surface area contributed by atoms with Crippen LogP contribution in [0.3, 0.4) is 0 Å². The normalized spacial score (nSPS) is 22.5. The van der Waals surface area contributed by atoms with Gasteiger partial charge in [0.15, 0.2) is 6.61 Å². The number of hydrogen-bond acceptors (Lipinski definition) is 4. The van der Waals surface area contributed by atoms with Crippen LogP contribution >= 0.6 is 0 Å². The molecule has 19 heavy (non-hydrogen) atoms. The molecule has 1 aliphatic rings. The Morgan fingerprint density at radius 2 is 1.89 bits per heavy atom. The van der Waals surface area contributed by atoms with Crippen molar-refractivity contribution in [2.75, 3.05) is 11.5 Å². The molecule has 0 N–H and O–H groups in total. The van der Waals surface area contributed by atoms with E-state index in [9.17, 15) is 9.59 Å². The molecule has 98 valence electrons. The van der Waals surface area contributed by atoms with Gasteiger partial charge in [-0.25, -0.2) is 4.90 Å². The molecule has 1 aromatic carbocycles. The number of anilines is 1. The molecule has 0 radical (unpaired) electrons. The van der Waals surface area contributed by atoms with Gasteiger partial charge >= 0.3 is 0 Å². The molecular weight excluding hydrogens is 244 g/mol. The topological polar surface area (TPSA) is 70.4 Å². The first-order valence-corrected chi connectivity index (χ1v) is 6.04. The second-order valence-corrected chi connectivity index (χ2v) is 4.53. The minimum absolute atomic E-state index is 0.0713. The number of rotatable bonds is 3. The minimum Gasteiger partial charge on any atom is -0.479 e. The summed E-state index contributed by atoms with van der Waals surface area (Å²) in [6.45, 7) is 3.43. The summed E-state index contributed by atoms with van der Waals surface area (Å²) in [5.41, 5.74) is 0.488. The fourth-order valence-corrected chi connectivity index (χ4v) is 2.03. The molecule has 0 bridgehead atoms. The van der Waals surface area contributed by atoms with Crippen molar-refractivity contribution in [3.63, 3.8) is 0 Å². The maximum absolute atomic E-state index is 12.1. The summed E-state index contributed by atoms with van der Waals surface area (Å²) in [6.07, 6.45) is 0. The summed E-state index contributed by atoms with van der Waals surface area (Å²) in [6, 6.07) is 8.51. The van der Waals surface area contributed by atoms with E-state index < -0.39 is 0 Å². The summed E-state index contributed by atoms with van der Waals surface area (Å²) in [5, 5.41) is 8.47. The number of benzene rings is 1. The highest BCUT2D eigenvalue weighted by molar-refractivity contribution is 6.21. The molecule has 2 atom stereocenters. The molecule has 0 aliphatic carbocycles. The molecule has 5 heteroatoms. The second-order valence-electron chi connectivity index (χ2n) is 4.53. The zero-order valence-corrected chi connectivity index (χ0v) is 10.8. The summed E-state index contributed by atoms with van der Waals surface area (Å²) < 4.78 is 5.17. The predicted octanol–water partition coefficient (Wildman–Crippen LogP) is 1.73. The third-order valence-electron chi connectivity index (χ3n) is 3.35. The Morgan fingerprint density at radius 1 is 1.26 bits per heavy atom. The molecule has 1 fully saturated rings. The van der Waals surface area contributed by atoms with Crippen LogP contribution in [0.4, 0.5) is 5.69 Å². The lowest BCUT2D eigenvalue weighted by Crippen LogP contribution is -2.30. The molecule has 0 spiro atoms. The van der Waals surface area contributed by atoms with E-state index in [0.29, 0.717) is 11.4 Å². The van der Waals surface area contributed by atoms with Crippen molar-refractivity contribution < 1.29 is 14.3 Å². The van der Waals surface area contributed by atoms with Crippen LogP contribution in [-0.4, -0.2) is 18.4 Å². The highest BCUT2D eigenvalue weighted by Crippen LogP contribution is 2.31. The lowest BCUT2D eigenvalue weighted by atomic mass is 10.00. The highest BCUT2D eigenvalue weighted by atomic mass is 16.5. The summed E-state index contributed by atoms with van der Waals surface area (Å²) >= 11 is 0. The molecule has 2 amide bonds. The lowest BCUT2D eigenvalue weighted by Gasteiger charge is -2.15. The van der Waals surface area contributed by atoms with Gasteiger partial charge in [0.1, 0.15) is 11.8 Å². The van der Waals surface area contributed by atoms with Crippen molar-refractivity contribution in [2.24, 2.45) is 11.8 Å². The first-order valence-electron chi connectivity index (χ1n) is 6.04. The van der Waals surface area contributed by atoms with Gasteiger partial charge in [0, 0.05) is 17.9 Å². The summed E-state index contributed by atoms with van der Waals surface area (Å²) in [4.78, 5) is 25.3. The Hall–Kier alpha value is -2.35. The molecular formula is C14H14N2O3. The first kappa shape index (κ1) is 13.1. The van der Waals surface area contributed by atoms with Crippen molar-refractivity contribution >= 4 is 17.5 Å². The van der Waals surface area contributed by atoms with Crippen molar-refractivity contribution in [3.05, 3.63) is 24.3 Å². The van der Waals surface area contributed by atoms with E-state index in [0.717, 1.165) is 0 Å². The number of nitrogens with zero attached hydrogens (tertiary/aromatic N) is 2. The van der Waals surface area contributed by atoms with Crippen LogP contribution in [0.5, 0.6) is 5.75 Å². The Kier molecular flexibility index (Phi) is 3.52. The van der Waals surface area contributed by atoms with Crippen molar-refractivity contribution in [2.45, 2.75) is 13.8 Å². The summed E-state index contributed by atoms with van der Waals surface area (Å²) in [7, 11) is 0. The Balaban J connectivity index is 2.30. The van der Waals surface area contributed by atoms with Gasteiger partial charge in [-0.1, -0.05) is 19.9 Å². The van der Waals surface area contributed by atoms with Gasteiger partial charge in [-0.15, -0.1) is 0 Å². The summed E-state index contributed by atoms with van der Waals surface area (Å²) in [5.74, 6) is -0.552. The number of amides is 2. The standard InChI is InChI=1S/C14H14N2O3/c1-9-10(2)14(18)16(13(9)17)11-4-3-5-12(8-11)19-7-6-15/h3-5,8-10H,7H2,1-2H3. The average molecular weight is 258 g/mol. The predicted molar refractivity (Wildman–Crippen MR) is 68.4 cm³/mol. The average Bonchev–Trinajstić information content (AvgIpc) is 2.61. The van der Waals surface area contributed by atoms with Gasteiger partial charge in [0.25, 0.3) is 0 Å². The molecule has 5 nitrogen and oxygen atoms in total. The number of carbonyl (C=O) groups excluding carboxylic acids is 2. The van der Waals surface area contributed by atoms with E-state index in [2.05, 4.69) is 0 Å². The molecule has 1 heterocycles. The number of hydrogen-bond donors (Lipinski definition) is 0. The Bertz CT molecular complexity index is 542. The van der Waals surface area contributed by atoms with Gasteiger partial charge in [-0.3, -0.25) is 9.59 Å². The van der Waals surface area contributed by atoms with E-state index in [4.69, 9.17) is 10.00 Å². The van der Waals surface area contributed by atoms with Gasteiger partial charge in [-0.2, -0.15) is 5.26 Å².